The molecule has 2 N–H and O–H groups in total. The number of hydrogen-bond donors (Lipinski definition) is 2. The van der Waals surface area contributed by atoms with E-state index in [1.54, 1.807) is 23.5 Å². The minimum Gasteiger partial charge on any atom is -0.370 e. The molecular formula is C18H22FN2O2S+. The summed E-state index contributed by atoms with van der Waals surface area (Å²) in [6.07, 6.45) is 0.202. The molecule has 128 valence electrons. The van der Waals surface area contributed by atoms with Crippen LogP contribution in [0.5, 0.6) is 0 Å². The smallest absolute Gasteiger partial charge is 0.224 e. The number of thiophene rings is 1. The van der Waals surface area contributed by atoms with Gasteiger partial charge >= 0.3 is 0 Å². The van der Waals surface area contributed by atoms with Crippen molar-refractivity contribution in [3.63, 3.8) is 0 Å². The van der Waals surface area contributed by atoms with Crippen molar-refractivity contribution in [3.8, 4) is 0 Å². The van der Waals surface area contributed by atoms with Crippen LogP contribution in [-0.2, 0) is 16.0 Å². The molecule has 0 unspecified atom stereocenters. The van der Waals surface area contributed by atoms with Gasteiger partial charge in [-0.3, -0.25) is 4.79 Å². The number of quaternary nitrogens is 1. The topological polar surface area (TPSA) is 42.8 Å². The number of nitrogens with one attached hydrogen (secondary N) is 2. The third kappa shape index (κ3) is 4.63. The van der Waals surface area contributed by atoms with Gasteiger partial charge in [-0.05, 0) is 29.1 Å². The second-order valence-corrected chi connectivity index (χ2v) is 6.93. The number of benzene rings is 1. The summed E-state index contributed by atoms with van der Waals surface area (Å²) in [5, 5.41) is 5.09. The first-order valence-electron chi connectivity index (χ1n) is 8.19. The lowest BCUT2D eigenvalue weighted by Gasteiger charge is -2.31. The van der Waals surface area contributed by atoms with Crippen LogP contribution in [0.15, 0.2) is 41.8 Å². The summed E-state index contributed by atoms with van der Waals surface area (Å²) in [7, 11) is 0. The maximum atomic E-state index is 13.2. The van der Waals surface area contributed by atoms with E-state index in [0.717, 1.165) is 26.3 Å². The molecule has 1 aliphatic heterocycles. The van der Waals surface area contributed by atoms with Crippen molar-refractivity contribution in [3.05, 3.63) is 58.0 Å². The van der Waals surface area contributed by atoms with Crippen LogP contribution in [0.2, 0.25) is 0 Å². The summed E-state index contributed by atoms with van der Waals surface area (Å²) in [5.74, 6) is -0.385. The Morgan fingerprint density at radius 2 is 2.12 bits per heavy atom. The quantitative estimate of drug-likeness (QED) is 0.823. The Hall–Kier alpha value is -1.76. The monoisotopic (exact) mass is 349 g/mol. The molecule has 1 saturated heterocycles. The molecule has 6 heteroatoms. The average molecular weight is 349 g/mol. The van der Waals surface area contributed by atoms with E-state index in [1.165, 1.54) is 21.9 Å². The number of ether oxygens (including phenoxy) is 1. The van der Waals surface area contributed by atoms with Crippen molar-refractivity contribution >= 4 is 17.2 Å². The summed E-state index contributed by atoms with van der Waals surface area (Å²) in [6.45, 7) is 4.00. The molecule has 1 aliphatic rings. The summed E-state index contributed by atoms with van der Waals surface area (Å²) in [4.78, 5) is 14.9. The Kier molecular flexibility index (Phi) is 5.96. The van der Waals surface area contributed by atoms with Gasteiger partial charge in [0, 0.05) is 0 Å². The predicted octanol–water partition coefficient (Wildman–Crippen LogP) is 1.20. The first kappa shape index (κ1) is 17.1. The summed E-state index contributed by atoms with van der Waals surface area (Å²) in [6, 6.07) is 10.6. The van der Waals surface area contributed by atoms with E-state index in [-0.39, 0.29) is 24.2 Å². The van der Waals surface area contributed by atoms with Crippen LogP contribution < -0.4 is 10.2 Å². The minimum absolute atomic E-state index is 0.0742. The molecule has 0 radical (unpaired) electrons. The van der Waals surface area contributed by atoms with E-state index in [9.17, 15) is 9.18 Å². The summed E-state index contributed by atoms with van der Waals surface area (Å²) >= 11 is 1.72. The lowest BCUT2D eigenvalue weighted by Crippen LogP contribution is -3.15. The number of morpholine rings is 1. The van der Waals surface area contributed by atoms with Crippen molar-refractivity contribution in [2.24, 2.45) is 0 Å². The molecule has 4 nitrogen and oxygen atoms in total. The summed E-state index contributed by atoms with van der Waals surface area (Å²) < 4.78 is 18.7. The molecule has 2 heterocycles. The van der Waals surface area contributed by atoms with Gasteiger partial charge in [-0.25, -0.2) is 4.39 Å². The van der Waals surface area contributed by atoms with Gasteiger partial charge in [0.05, 0.1) is 31.1 Å². The largest absolute Gasteiger partial charge is 0.370 e. The fourth-order valence-electron chi connectivity index (χ4n) is 3.03. The molecule has 1 atom stereocenters. The van der Waals surface area contributed by atoms with Crippen LogP contribution in [0.4, 0.5) is 4.39 Å². The number of carbonyl (C=O) groups excluding carboxylic acids is 1. The highest BCUT2D eigenvalue weighted by molar-refractivity contribution is 7.10. The molecule has 0 bridgehead atoms. The van der Waals surface area contributed by atoms with Crippen LogP contribution >= 0.6 is 11.3 Å². The van der Waals surface area contributed by atoms with Crippen molar-refractivity contribution in [2.45, 2.75) is 12.5 Å². The van der Waals surface area contributed by atoms with Crippen LogP contribution in [0.25, 0.3) is 0 Å². The number of carbonyl (C=O) groups is 1. The number of halogens is 1. The van der Waals surface area contributed by atoms with E-state index in [4.69, 9.17) is 4.74 Å². The zero-order valence-electron chi connectivity index (χ0n) is 13.5. The minimum atomic E-state index is -0.311. The predicted molar refractivity (Wildman–Crippen MR) is 91.7 cm³/mol. The van der Waals surface area contributed by atoms with Crippen molar-refractivity contribution in [1.29, 1.82) is 0 Å². The Labute approximate surface area is 145 Å². The molecule has 2 aromatic rings. The van der Waals surface area contributed by atoms with Crippen LogP contribution in [0.3, 0.4) is 0 Å². The highest BCUT2D eigenvalue weighted by Crippen LogP contribution is 2.16. The first-order chi connectivity index (χ1) is 11.7. The van der Waals surface area contributed by atoms with Gasteiger partial charge in [0.1, 0.15) is 24.9 Å². The van der Waals surface area contributed by atoms with Gasteiger partial charge in [-0.2, -0.15) is 0 Å². The zero-order valence-corrected chi connectivity index (χ0v) is 14.3. The second kappa shape index (κ2) is 8.37. The molecule has 0 saturated carbocycles. The van der Waals surface area contributed by atoms with Crippen LogP contribution in [0, 0.1) is 5.82 Å². The fourth-order valence-corrected chi connectivity index (χ4v) is 3.91. The molecule has 24 heavy (non-hydrogen) atoms. The second-order valence-electron chi connectivity index (χ2n) is 5.95. The highest BCUT2D eigenvalue weighted by Gasteiger charge is 2.27. The Bertz CT molecular complexity index is 657. The normalized spacial score (nSPS) is 16.7. The fraction of sp³-hybridized carbons (Fsp3) is 0.389. The molecule has 1 amide bonds. The van der Waals surface area contributed by atoms with Gasteiger partial charge < -0.3 is 15.0 Å². The molecular weight excluding hydrogens is 327 g/mol. The van der Waals surface area contributed by atoms with Crippen molar-refractivity contribution in [2.75, 3.05) is 32.8 Å². The highest BCUT2D eigenvalue weighted by atomic mass is 32.1. The van der Waals surface area contributed by atoms with E-state index in [0.29, 0.717) is 12.1 Å². The molecule has 0 aliphatic carbocycles. The maximum absolute atomic E-state index is 13.2. The van der Waals surface area contributed by atoms with Gasteiger partial charge in [-0.1, -0.05) is 18.2 Å². The maximum Gasteiger partial charge on any atom is 0.224 e. The lowest BCUT2D eigenvalue weighted by atomic mass is 10.1. The average Bonchev–Trinajstić information content (AvgIpc) is 3.10. The standard InChI is InChI=1S/C18H21FN2O2S/c19-15-4-1-3-14(11-15)12-18(22)20-13-16(17-5-2-10-24-17)21-6-8-23-9-7-21/h1-5,10-11,16H,6-9,12-13H2,(H,20,22)/p+1/t16-/m0/s1. The van der Waals surface area contributed by atoms with Gasteiger partial charge in [0.25, 0.3) is 0 Å². The molecule has 1 fully saturated rings. The lowest BCUT2D eigenvalue weighted by molar-refractivity contribution is -0.937. The third-order valence-corrected chi connectivity index (χ3v) is 5.26. The SMILES string of the molecule is O=C(Cc1cccc(F)c1)NC[C@@H](c1cccs1)[NH+]1CCOCC1. The van der Waals surface area contributed by atoms with E-state index in [2.05, 4.69) is 16.8 Å². The number of amides is 1. The Morgan fingerprint density at radius 3 is 2.83 bits per heavy atom. The van der Waals surface area contributed by atoms with Gasteiger partial charge in [0.2, 0.25) is 5.91 Å². The Morgan fingerprint density at radius 1 is 1.29 bits per heavy atom. The molecule has 1 aromatic carbocycles. The third-order valence-electron chi connectivity index (χ3n) is 4.27. The first-order valence-corrected chi connectivity index (χ1v) is 9.07. The van der Waals surface area contributed by atoms with Gasteiger partial charge in [0.15, 0.2) is 0 Å². The molecule has 3 rings (SSSR count). The zero-order chi connectivity index (χ0) is 16.8. The number of hydrogen-bond acceptors (Lipinski definition) is 3. The molecule has 0 spiro atoms. The van der Waals surface area contributed by atoms with Crippen molar-refractivity contribution in [1.82, 2.24) is 5.32 Å². The Balaban J connectivity index is 1.59. The van der Waals surface area contributed by atoms with Gasteiger partial charge in [-0.15, -0.1) is 11.3 Å². The van der Waals surface area contributed by atoms with E-state index >= 15 is 0 Å². The van der Waals surface area contributed by atoms with Crippen LogP contribution in [-0.4, -0.2) is 38.8 Å². The summed E-state index contributed by atoms with van der Waals surface area (Å²) in [5.41, 5.74) is 0.693. The van der Waals surface area contributed by atoms with E-state index in [1.807, 2.05) is 6.07 Å². The number of rotatable bonds is 6. The van der Waals surface area contributed by atoms with E-state index < -0.39 is 0 Å². The van der Waals surface area contributed by atoms with Crippen LogP contribution in [0.1, 0.15) is 16.5 Å². The molecule has 1 aromatic heterocycles. The van der Waals surface area contributed by atoms with Crippen molar-refractivity contribution < 1.29 is 18.8 Å².